The van der Waals surface area contributed by atoms with E-state index in [1.54, 1.807) is 0 Å². The van der Waals surface area contributed by atoms with Gasteiger partial charge >= 0.3 is 0 Å². The summed E-state index contributed by atoms with van der Waals surface area (Å²) >= 11 is 0. The monoisotopic (exact) mass is 538 g/mol. The maximum Gasteiger partial charge on any atom is 0.163 e. The molecule has 2 aromatic carbocycles. The van der Waals surface area contributed by atoms with Gasteiger partial charge in [0.1, 0.15) is 17.2 Å². The number of rotatable bonds is 23. The molecule has 0 fully saturated rings. The maximum atomic E-state index is 13.4. The van der Waals surface area contributed by atoms with Crippen LogP contribution in [-0.2, 0) is 12.8 Å². The highest BCUT2D eigenvalue weighted by atomic mass is 16.5. The molecule has 0 aliphatic carbocycles. The standard InChI is InChI=1S/C35H54O4/c1-5-9-12-15-22-37-32-26-31(27-33(28-32)38-23-16-13-10-6-2)34(36)20-19-30-25-29(8-4)18-21-35(30)39-24-17-14-11-7-3/h18,21,25-28H,5-17,19-20,22-24H2,1-4H3. The highest BCUT2D eigenvalue weighted by Crippen LogP contribution is 2.27. The van der Waals surface area contributed by atoms with Gasteiger partial charge in [-0.1, -0.05) is 97.6 Å². The quantitative estimate of drug-likeness (QED) is 0.104. The molecule has 0 aromatic heterocycles. The van der Waals surface area contributed by atoms with E-state index in [1.807, 2.05) is 18.2 Å². The van der Waals surface area contributed by atoms with Crippen molar-refractivity contribution < 1.29 is 19.0 Å². The molecule has 2 rings (SSSR count). The lowest BCUT2D eigenvalue weighted by atomic mass is 9.99. The Morgan fingerprint density at radius 1 is 0.615 bits per heavy atom. The van der Waals surface area contributed by atoms with Crippen molar-refractivity contribution in [3.05, 3.63) is 53.1 Å². The summed E-state index contributed by atoms with van der Waals surface area (Å²) in [5.41, 5.74) is 3.06. The molecule has 0 aliphatic heterocycles. The van der Waals surface area contributed by atoms with Crippen LogP contribution in [0, 0.1) is 0 Å². The minimum Gasteiger partial charge on any atom is -0.493 e. The molecule has 39 heavy (non-hydrogen) atoms. The summed E-state index contributed by atoms with van der Waals surface area (Å²) in [7, 11) is 0. The Bertz CT molecular complexity index is 904. The van der Waals surface area contributed by atoms with Crippen LogP contribution in [0.15, 0.2) is 36.4 Å². The number of ether oxygens (including phenoxy) is 3. The maximum absolute atomic E-state index is 13.4. The Balaban J connectivity index is 2.07. The molecule has 0 heterocycles. The summed E-state index contributed by atoms with van der Waals surface area (Å²) in [5.74, 6) is 2.48. The fourth-order valence-electron chi connectivity index (χ4n) is 4.63. The van der Waals surface area contributed by atoms with Crippen molar-refractivity contribution in [3.63, 3.8) is 0 Å². The fourth-order valence-corrected chi connectivity index (χ4v) is 4.63. The smallest absolute Gasteiger partial charge is 0.163 e. The summed E-state index contributed by atoms with van der Waals surface area (Å²) < 4.78 is 18.3. The summed E-state index contributed by atoms with van der Waals surface area (Å²) in [6, 6.07) is 12.1. The van der Waals surface area contributed by atoms with E-state index in [0.717, 1.165) is 67.9 Å². The van der Waals surface area contributed by atoms with Crippen LogP contribution in [0.1, 0.15) is 133 Å². The fraction of sp³-hybridized carbons (Fsp3) is 0.629. The first kappa shape index (κ1) is 32.7. The van der Waals surface area contributed by atoms with E-state index in [2.05, 4.69) is 45.9 Å². The number of aryl methyl sites for hydroxylation is 2. The van der Waals surface area contributed by atoms with Crippen LogP contribution < -0.4 is 14.2 Å². The van der Waals surface area contributed by atoms with Crippen molar-refractivity contribution in [2.24, 2.45) is 0 Å². The zero-order valence-corrected chi connectivity index (χ0v) is 25.3. The van der Waals surface area contributed by atoms with E-state index in [1.165, 1.54) is 50.5 Å². The molecule has 0 radical (unpaired) electrons. The lowest BCUT2D eigenvalue weighted by Crippen LogP contribution is -2.07. The molecular formula is C35H54O4. The van der Waals surface area contributed by atoms with Crippen LogP contribution in [0.3, 0.4) is 0 Å². The third-order valence-electron chi connectivity index (χ3n) is 7.15. The molecule has 0 spiro atoms. The van der Waals surface area contributed by atoms with Crippen molar-refractivity contribution in [1.29, 1.82) is 0 Å². The molecule has 0 atom stereocenters. The number of hydrogen-bond acceptors (Lipinski definition) is 4. The summed E-state index contributed by atoms with van der Waals surface area (Å²) in [5, 5.41) is 0. The van der Waals surface area contributed by atoms with Gasteiger partial charge in [-0.15, -0.1) is 0 Å². The Morgan fingerprint density at radius 3 is 1.67 bits per heavy atom. The van der Waals surface area contributed by atoms with Gasteiger partial charge in [-0.2, -0.15) is 0 Å². The van der Waals surface area contributed by atoms with Gasteiger partial charge < -0.3 is 14.2 Å². The second kappa shape index (κ2) is 20.4. The van der Waals surface area contributed by atoms with Crippen molar-refractivity contribution in [1.82, 2.24) is 0 Å². The number of carbonyl (C=O) groups excluding carboxylic acids is 1. The lowest BCUT2D eigenvalue weighted by Gasteiger charge is -2.14. The van der Waals surface area contributed by atoms with Crippen LogP contribution in [0.4, 0.5) is 0 Å². The molecule has 0 amide bonds. The Hall–Kier alpha value is -2.49. The largest absolute Gasteiger partial charge is 0.493 e. The first-order valence-corrected chi connectivity index (χ1v) is 15.8. The molecule has 2 aromatic rings. The number of carbonyl (C=O) groups is 1. The lowest BCUT2D eigenvalue weighted by molar-refractivity contribution is 0.0981. The first-order valence-electron chi connectivity index (χ1n) is 15.8. The topological polar surface area (TPSA) is 44.8 Å². The SMILES string of the molecule is CCCCCCOc1cc(OCCCCCC)cc(C(=O)CCc2cc(CC)ccc2OCCCCCC)c1. The average molecular weight is 539 g/mol. The highest BCUT2D eigenvalue weighted by molar-refractivity contribution is 5.97. The third-order valence-corrected chi connectivity index (χ3v) is 7.15. The van der Waals surface area contributed by atoms with E-state index >= 15 is 0 Å². The van der Waals surface area contributed by atoms with Crippen LogP contribution in [-0.4, -0.2) is 25.6 Å². The predicted molar refractivity (Wildman–Crippen MR) is 164 cm³/mol. The van der Waals surface area contributed by atoms with E-state index in [0.29, 0.717) is 31.6 Å². The first-order chi connectivity index (χ1) is 19.1. The van der Waals surface area contributed by atoms with E-state index in [-0.39, 0.29) is 5.78 Å². The van der Waals surface area contributed by atoms with Crippen LogP contribution >= 0.6 is 0 Å². The molecular weight excluding hydrogens is 484 g/mol. The van der Waals surface area contributed by atoms with Crippen LogP contribution in [0.2, 0.25) is 0 Å². The minimum absolute atomic E-state index is 0.109. The van der Waals surface area contributed by atoms with Gasteiger partial charge in [0.05, 0.1) is 19.8 Å². The molecule has 0 saturated heterocycles. The van der Waals surface area contributed by atoms with Gasteiger partial charge in [0.2, 0.25) is 0 Å². The molecule has 0 bridgehead atoms. The summed E-state index contributed by atoms with van der Waals surface area (Å²) in [4.78, 5) is 13.4. The van der Waals surface area contributed by atoms with Gasteiger partial charge in [-0.3, -0.25) is 4.79 Å². The van der Waals surface area contributed by atoms with Crippen LogP contribution in [0.25, 0.3) is 0 Å². The molecule has 0 saturated carbocycles. The van der Waals surface area contributed by atoms with E-state index in [9.17, 15) is 4.79 Å². The predicted octanol–water partition coefficient (Wildman–Crippen LogP) is 9.94. The van der Waals surface area contributed by atoms with E-state index < -0.39 is 0 Å². The molecule has 4 nitrogen and oxygen atoms in total. The second-order valence-electron chi connectivity index (χ2n) is 10.6. The number of benzene rings is 2. The average Bonchev–Trinajstić information content (AvgIpc) is 2.95. The van der Waals surface area contributed by atoms with Gasteiger partial charge in [-0.25, -0.2) is 0 Å². The van der Waals surface area contributed by atoms with Crippen molar-refractivity contribution in [2.45, 2.75) is 124 Å². The van der Waals surface area contributed by atoms with Crippen LogP contribution in [0.5, 0.6) is 17.2 Å². The normalized spacial score (nSPS) is 11.0. The Morgan fingerprint density at radius 2 is 1.15 bits per heavy atom. The van der Waals surface area contributed by atoms with Gasteiger partial charge in [0, 0.05) is 18.1 Å². The molecule has 0 aliphatic rings. The molecule has 4 heteroatoms. The van der Waals surface area contributed by atoms with E-state index in [4.69, 9.17) is 14.2 Å². The molecule has 218 valence electrons. The zero-order valence-electron chi connectivity index (χ0n) is 25.3. The highest BCUT2D eigenvalue weighted by Gasteiger charge is 2.14. The van der Waals surface area contributed by atoms with Gasteiger partial charge in [0.15, 0.2) is 5.78 Å². The number of unbranched alkanes of at least 4 members (excludes halogenated alkanes) is 9. The summed E-state index contributed by atoms with van der Waals surface area (Å²) in [6.07, 6.45) is 16.0. The van der Waals surface area contributed by atoms with Gasteiger partial charge in [0.25, 0.3) is 0 Å². The number of Topliss-reactive ketones (excluding diaryl/α,β-unsaturated/α-hetero) is 1. The second-order valence-corrected chi connectivity index (χ2v) is 10.6. The Kier molecular flexibility index (Phi) is 17.1. The van der Waals surface area contributed by atoms with Crippen molar-refractivity contribution >= 4 is 5.78 Å². The number of hydrogen-bond donors (Lipinski definition) is 0. The zero-order chi connectivity index (χ0) is 28.1. The number of ketones is 1. The van der Waals surface area contributed by atoms with Gasteiger partial charge in [-0.05, 0) is 61.4 Å². The van der Waals surface area contributed by atoms with Crippen molar-refractivity contribution in [2.75, 3.05) is 19.8 Å². The molecule has 0 N–H and O–H groups in total. The molecule has 0 unspecified atom stereocenters. The Labute approximate surface area is 238 Å². The summed E-state index contributed by atoms with van der Waals surface area (Å²) in [6.45, 7) is 10.9. The van der Waals surface area contributed by atoms with Crippen molar-refractivity contribution in [3.8, 4) is 17.2 Å². The minimum atomic E-state index is 0.109. The third kappa shape index (κ3) is 13.4.